The molecule has 0 bridgehead atoms. The van der Waals surface area contributed by atoms with E-state index in [2.05, 4.69) is 96.5 Å². The number of aromatic nitrogens is 1. The number of fused-ring (bicyclic) bond motifs is 7. The smallest absolute Gasteiger partial charge is 0.0583 e. The normalized spacial score (nSPS) is 11.9. The first-order valence-electron chi connectivity index (χ1n) is 9.19. The van der Waals surface area contributed by atoms with E-state index in [1.54, 1.807) is 0 Å². The summed E-state index contributed by atoms with van der Waals surface area (Å²) in [6.07, 6.45) is 0. The Hall–Kier alpha value is -3.10. The molecule has 0 aliphatic rings. The van der Waals surface area contributed by atoms with Crippen LogP contribution in [0, 0.1) is 0 Å². The fourth-order valence-corrected chi connectivity index (χ4v) is 5.49. The number of nitrogens with zero attached hydrogens (tertiary/aromatic N) is 1. The van der Waals surface area contributed by atoms with Gasteiger partial charge in [-0.25, -0.2) is 0 Å². The number of benzene rings is 4. The molecule has 0 fully saturated rings. The van der Waals surface area contributed by atoms with Crippen molar-refractivity contribution in [3.8, 4) is 11.1 Å². The van der Waals surface area contributed by atoms with E-state index in [9.17, 15) is 0 Å². The van der Waals surface area contributed by atoms with Gasteiger partial charge in [-0.15, -0.1) is 11.3 Å². The van der Waals surface area contributed by atoms with Crippen molar-refractivity contribution in [2.75, 3.05) is 0 Å². The van der Waals surface area contributed by atoms with Crippen LogP contribution in [-0.4, -0.2) is 4.57 Å². The van der Waals surface area contributed by atoms with E-state index in [0.717, 1.165) is 0 Å². The molecule has 0 spiro atoms. The zero-order chi connectivity index (χ0) is 18.0. The number of aryl methyl sites for hydroxylation is 1. The van der Waals surface area contributed by atoms with Gasteiger partial charge >= 0.3 is 0 Å². The molecule has 0 aliphatic heterocycles. The lowest BCUT2D eigenvalue weighted by molar-refractivity contribution is 1.02. The Labute approximate surface area is 161 Å². The minimum atomic E-state index is 1.27. The predicted molar refractivity (Wildman–Crippen MR) is 119 cm³/mol. The molecule has 0 aliphatic carbocycles. The van der Waals surface area contributed by atoms with Crippen molar-refractivity contribution in [1.82, 2.24) is 4.57 Å². The molecule has 0 saturated carbocycles. The van der Waals surface area contributed by atoms with Crippen LogP contribution in [0.15, 0.2) is 84.9 Å². The molecule has 2 heterocycles. The number of rotatable bonds is 1. The average molecular weight is 363 g/mol. The predicted octanol–water partition coefficient (Wildman–Crippen LogP) is 7.37. The lowest BCUT2D eigenvalue weighted by Crippen LogP contribution is -1.86. The van der Waals surface area contributed by atoms with Crippen molar-refractivity contribution in [1.29, 1.82) is 0 Å². The third-order valence-corrected chi connectivity index (χ3v) is 6.73. The van der Waals surface area contributed by atoms with Crippen LogP contribution in [-0.2, 0) is 7.05 Å². The van der Waals surface area contributed by atoms with Crippen molar-refractivity contribution in [3.05, 3.63) is 84.9 Å². The van der Waals surface area contributed by atoms with Gasteiger partial charge in [0.25, 0.3) is 0 Å². The van der Waals surface area contributed by atoms with Gasteiger partial charge in [-0.1, -0.05) is 66.7 Å². The summed E-state index contributed by atoms with van der Waals surface area (Å²) < 4.78 is 5.06. The second kappa shape index (κ2) is 5.45. The molecule has 0 radical (unpaired) electrons. The number of para-hydroxylation sites is 1. The lowest BCUT2D eigenvalue weighted by Gasteiger charge is -2.03. The maximum atomic E-state index is 2.35. The Kier molecular flexibility index (Phi) is 3.03. The van der Waals surface area contributed by atoms with E-state index in [0.29, 0.717) is 0 Å². The minimum Gasteiger partial charge on any atom is -0.343 e. The minimum absolute atomic E-state index is 1.27. The van der Waals surface area contributed by atoms with Gasteiger partial charge in [0.15, 0.2) is 0 Å². The highest BCUT2D eigenvalue weighted by Gasteiger charge is 2.15. The first-order valence-corrected chi connectivity index (χ1v) is 10.0. The van der Waals surface area contributed by atoms with Crippen LogP contribution in [0.2, 0.25) is 0 Å². The van der Waals surface area contributed by atoms with Crippen LogP contribution in [0.5, 0.6) is 0 Å². The fraction of sp³-hybridized carbons (Fsp3) is 0.0400. The largest absolute Gasteiger partial charge is 0.343 e. The first-order chi connectivity index (χ1) is 13.3. The standard InChI is InChI=1S/C25H17NS/c1-26-21-10-6-5-9-18(21)19-13-14-22-24(25(19)26)20-12-11-17(15-23(20)27-22)16-7-3-2-4-8-16/h2-15H,1H3. The zero-order valence-electron chi connectivity index (χ0n) is 14.9. The second-order valence-corrected chi connectivity index (χ2v) is 8.17. The Balaban J connectivity index is 1.74. The summed E-state index contributed by atoms with van der Waals surface area (Å²) in [6.45, 7) is 0. The molecule has 0 saturated heterocycles. The summed E-state index contributed by atoms with van der Waals surface area (Å²) in [5.74, 6) is 0. The van der Waals surface area contributed by atoms with Crippen LogP contribution < -0.4 is 0 Å². The number of hydrogen-bond donors (Lipinski definition) is 0. The summed E-state index contributed by atoms with van der Waals surface area (Å²) in [7, 11) is 2.19. The SMILES string of the molecule is Cn1c2ccccc2c2ccc3sc4cc(-c5ccccc5)ccc4c3c21. The van der Waals surface area contributed by atoms with Gasteiger partial charge in [-0.2, -0.15) is 0 Å². The van der Waals surface area contributed by atoms with E-state index >= 15 is 0 Å². The third-order valence-electron chi connectivity index (χ3n) is 5.61. The quantitative estimate of drug-likeness (QED) is 0.287. The molecule has 0 N–H and O–H groups in total. The molecule has 6 rings (SSSR count). The summed E-state index contributed by atoms with van der Waals surface area (Å²) >= 11 is 1.89. The van der Waals surface area contributed by atoms with Gasteiger partial charge in [-0.3, -0.25) is 0 Å². The zero-order valence-corrected chi connectivity index (χ0v) is 15.8. The van der Waals surface area contributed by atoms with Crippen LogP contribution in [0.1, 0.15) is 0 Å². The molecule has 0 unspecified atom stereocenters. The van der Waals surface area contributed by atoms with E-state index in [4.69, 9.17) is 0 Å². The van der Waals surface area contributed by atoms with Crippen LogP contribution in [0.3, 0.4) is 0 Å². The molecule has 1 nitrogen and oxygen atoms in total. The van der Waals surface area contributed by atoms with Crippen LogP contribution in [0.25, 0.3) is 53.1 Å². The van der Waals surface area contributed by atoms with E-state index in [1.165, 1.54) is 53.1 Å². The average Bonchev–Trinajstić information content (AvgIpc) is 3.24. The molecule has 128 valence electrons. The topological polar surface area (TPSA) is 4.93 Å². The van der Waals surface area contributed by atoms with Gasteiger partial charge in [0.1, 0.15) is 0 Å². The molecule has 0 atom stereocenters. The van der Waals surface area contributed by atoms with Gasteiger partial charge < -0.3 is 4.57 Å². The van der Waals surface area contributed by atoms with Crippen molar-refractivity contribution in [3.63, 3.8) is 0 Å². The first kappa shape index (κ1) is 15.0. The third kappa shape index (κ3) is 2.05. The van der Waals surface area contributed by atoms with E-state index < -0.39 is 0 Å². The maximum Gasteiger partial charge on any atom is 0.0583 e. The Bertz CT molecular complexity index is 1470. The molecule has 2 heteroatoms. The number of thiophene rings is 1. The van der Waals surface area contributed by atoms with Gasteiger partial charge in [0.2, 0.25) is 0 Å². The van der Waals surface area contributed by atoms with Crippen molar-refractivity contribution in [2.45, 2.75) is 0 Å². The maximum absolute atomic E-state index is 2.35. The van der Waals surface area contributed by atoms with E-state index in [-0.39, 0.29) is 0 Å². The van der Waals surface area contributed by atoms with Crippen LogP contribution >= 0.6 is 11.3 Å². The molecular formula is C25H17NS. The Morgan fingerprint density at radius 1 is 0.630 bits per heavy atom. The summed E-state index contributed by atoms with van der Waals surface area (Å²) in [6, 6.07) is 30.8. The Morgan fingerprint density at radius 2 is 1.41 bits per heavy atom. The highest BCUT2D eigenvalue weighted by molar-refractivity contribution is 7.26. The van der Waals surface area contributed by atoms with Crippen LogP contribution in [0.4, 0.5) is 0 Å². The van der Waals surface area contributed by atoms with Crippen molar-refractivity contribution >= 4 is 53.3 Å². The van der Waals surface area contributed by atoms with Gasteiger partial charge in [0, 0.05) is 43.5 Å². The lowest BCUT2D eigenvalue weighted by atomic mass is 10.0. The highest BCUT2D eigenvalue weighted by Crippen LogP contribution is 2.42. The summed E-state index contributed by atoms with van der Waals surface area (Å²) in [5, 5.41) is 5.40. The Morgan fingerprint density at radius 3 is 2.30 bits per heavy atom. The summed E-state index contributed by atoms with van der Waals surface area (Å²) in [5.41, 5.74) is 5.18. The van der Waals surface area contributed by atoms with Crippen molar-refractivity contribution in [2.24, 2.45) is 7.05 Å². The molecule has 2 aromatic heterocycles. The highest BCUT2D eigenvalue weighted by atomic mass is 32.1. The van der Waals surface area contributed by atoms with Gasteiger partial charge in [-0.05, 0) is 29.3 Å². The van der Waals surface area contributed by atoms with E-state index in [1.807, 2.05) is 11.3 Å². The molecule has 0 amide bonds. The second-order valence-electron chi connectivity index (χ2n) is 7.09. The molecular weight excluding hydrogens is 346 g/mol. The summed E-state index contributed by atoms with van der Waals surface area (Å²) in [4.78, 5) is 0. The number of hydrogen-bond acceptors (Lipinski definition) is 1. The van der Waals surface area contributed by atoms with Crippen molar-refractivity contribution < 1.29 is 0 Å². The van der Waals surface area contributed by atoms with Gasteiger partial charge in [0.05, 0.1) is 5.52 Å². The monoisotopic (exact) mass is 363 g/mol. The fourth-order valence-electron chi connectivity index (χ4n) is 4.34. The molecule has 27 heavy (non-hydrogen) atoms. The molecule has 4 aromatic carbocycles. The molecule has 6 aromatic rings.